The van der Waals surface area contributed by atoms with Gasteiger partial charge in [0.1, 0.15) is 0 Å². The van der Waals surface area contributed by atoms with Crippen molar-refractivity contribution in [1.29, 1.82) is 0 Å². The minimum Gasteiger partial charge on any atom is -0.313 e. The van der Waals surface area contributed by atoms with Gasteiger partial charge in [0.15, 0.2) is 0 Å². The van der Waals surface area contributed by atoms with E-state index in [-0.39, 0.29) is 0 Å². The molecule has 1 aliphatic rings. The van der Waals surface area contributed by atoms with Gasteiger partial charge in [-0.2, -0.15) is 0 Å². The summed E-state index contributed by atoms with van der Waals surface area (Å²) in [5.41, 5.74) is 11.0. The van der Waals surface area contributed by atoms with E-state index in [9.17, 15) is 0 Å². The summed E-state index contributed by atoms with van der Waals surface area (Å²) in [5.74, 6) is 0. The average molecular weight is 436 g/mol. The minimum absolute atomic E-state index is 0.946. The van der Waals surface area contributed by atoms with E-state index in [0.29, 0.717) is 0 Å². The molecule has 5 aromatic carbocycles. The van der Waals surface area contributed by atoms with Gasteiger partial charge in [0.25, 0.3) is 0 Å². The fourth-order valence-electron chi connectivity index (χ4n) is 5.80. The van der Waals surface area contributed by atoms with E-state index in [1.165, 1.54) is 60.9 Å². The van der Waals surface area contributed by atoms with Crippen LogP contribution >= 0.6 is 0 Å². The van der Waals surface area contributed by atoms with Crippen molar-refractivity contribution in [1.82, 2.24) is 4.57 Å². The quantitative estimate of drug-likeness (QED) is 0.264. The summed E-state index contributed by atoms with van der Waals surface area (Å²) in [5, 5.41) is 4.02. The highest BCUT2D eigenvalue weighted by molar-refractivity contribution is 6.16. The van der Waals surface area contributed by atoms with Crippen LogP contribution in [0, 0.1) is 0 Å². The van der Waals surface area contributed by atoms with Gasteiger partial charge in [0.05, 0.1) is 5.52 Å². The second-order valence-corrected chi connectivity index (χ2v) is 9.33. The van der Waals surface area contributed by atoms with Crippen molar-refractivity contribution in [2.24, 2.45) is 0 Å². The lowest BCUT2D eigenvalue weighted by atomic mass is 9.87. The SMILES string of the molecule is c1ccc(Cc2cccc(-n3c4c(c5c6ccccc6ccc53)-c3ccccc3CC4)c2)cc1. The van der Waals surface area contributed by atoms with E-state index < -0.39 is 0 Å². The molecule has 6 aromatic rings. The Hall–Kier alpha value is -4.10. The molecule has 0 aliphatic heterocycles. The molecule has 1 heterocycles. The highest BCUT2D eigenvalue weighted by atomic mass is 15.0. The molecule has 0 amide bonds. The van der Waals surface area contributed by atoms with Crippen LogP contribution in [0.3, 0.4) is 0 Å². The number of benzene rings is 5. The van der Waals surface area contributed by atoms with E-state index in [2.05, 4.69) is 120 Å². The summed E-state index contributed by atoms with van der Waals surface area (Å²) >= 11 is 0. The van der Waals surface area contributed by atoms with E-state index in [1.807, 2.05) is 0 Å². The Morgan fingerprint density at radius 2 is 1.41 bits per heavy atom. The number of hydrogen-bond donors (Lipinski definition) is 0. The van der Waals surface area contributed by atoms with Gasteiger partial charge in [-0.1, -0.05) is 97.1 Å². The second-order valence-electron chi connectivity index (χ2n) is 9.33. The molecule has 0 radical (unpaired) electrons. The standard InChI is InChI=1S/C33H25N/c1-2-9-23(10-3-1)21-24-11-8-14-27(22-24)34-30-19-17-25-12-4-6-15-28(25)32(30)33-29-16-7-5-13-26(29)18-20-31(33)34/h1-17,19,22H,18,20-21H2. The van der Waals surface area contributed by atoms with Crippen LogP contribution < -0.4 is 0 Å². The molecule has 0 bridgehead atoms. The highest BCUT2D eigenvalue weighted by Crippen LogP contribution is 2.44. The Morgan fingerprint density at radius 3 is 2.35 bits per heavy atom. The molecule has 0 N–H and O–H groups in total. The van der Waals surface area contributed by atoms with E-state index in [1.54, 1.807) is 0 Å². The zero-order valence-electron chi connectivity index (χ0n) is 19.0. The second kappa shape index (κ2) is 7.74. The van der Waals surface area contributed by atoms with Gasteiger partial charge in [0.2, 0.25) is 0 Å². The molecule has 0 saturated heterocycles. The fourth-order valence-corrected chi connectivity index (χ4v) is 5.80. The summed E-state index contributed by atoms with van der Waals surface area (Å²) in [4.78, 5) is 0. The van der Waals surface area contributed by atoms with E-state index in [4.69, 9.17) is 0 Å². The van der Waals surface area contributed by atoms with Crippen LogP contribution in [0.15, 0.2) is 115 Å². The maximum atomic E-state index is 2.53. The Morgan fingerprint density at radius 1 is 0.618 bits per heavy atom. The molecule has 0 spiro atoms. The molecule has 0 unspecified atom stereocenters. The molecular formula is C33H25N. The summed E-state index contributed by atoms with van der Waals surface area (Å²) in [7, 11) is 0. The molecule has 1 nitrogen and oxygen atoms in total. The Labute approximate surface area is 199 Å². The molecule has 1 aromatic heterocycles. The summed E-state index contributed by atoms with van der Waals surface area (Å²) < 4.78 is 2.53. The van der Waals surface area contributed by atoms with Crippen LogP contribution in [0.1, 0.15) is 22.4 Å². The number of rotatable bonds is 3. The van der Waals surface area contributed by atoms with E-state index in [0.717, 1.165) is 19.3 Å². The van der Waals surface area contributed by atoms with Crippen molar-refractivity contribution >= 4 is 21.7 Å². The molecule has 1 heteroatoms. The molecule has 0 saturated carbocycles. The Kier molecular flexibility index (Phi) is 4.41. The summed E-state index contributed by atoms with van der Waals surface area (Å²) in [6.45, 7) is 0. The number of nitrogens with zero attached hydrogens (tertiary/aromatic N) is 1. The van der Waals surface area contributed by atoms with Crippen LogP contribution in [-0.4, -0.2) is 4.57 Å². The normalized spacial score (nSPS) is 12.6. The van der Waals surface area contributed by atoms with Crippen LogP contribution in [0.4, 0.5) is 0 Å². The Balaban J connectivity index is 1.51. The van der Waals surface area contributed by atoms with Crippen molar-refractivity contribution in [2.75, 3.05) is 0 Å². The zero-order valence-corrected chi connectivity index (χ0v) is 19.0. The van der Waals surface area contributed by atoms with Crippen LogP contribution in [0.2, 0.25) is 0 Å². The first kappa shape index (κ1) is 19.4. The third-order valence-electron chi connectivity index (χ3n) is 7.29. The van der Waals surface area contributed by atoms with Gasteiger partial charge >= 0.3 is 0 Å². The van der Waals surface area contributed by atoms with Crippen LogP contribution in [-0.2, 0) is 19.3 Å². The fraction of sp³-hybridized carbons (Fsp3) is 0.0909. The van der Waals surface area contributed by atoms with Crippen molar-refractivity contribution in [3.63, 3.8) is 0 Å². The van der Waals surface area contributed by atoms with Crippen LogP contribution in [0.25, 0.3) is 38.5 Å². The lowest BCUT2D eigenvalue weighted by Crippen LogP contribution is -2.08. The van der Waals surface area contributed by atoms with Crippen molar-refractivity contribution in [3.05, 3.63) is 138 Å². The molecule has 0 fully saturated rings. The number of aryl methyl sites for hydroxylation is 1. The summed E-state index contributed by atoms with van der Waals surface area (Å²) in [6.07, 6.45) is 3.08. The lowest BCUT2D eigenvalue weighted by molar-refractivity contribution is 0.865. The van der Waals surface area contributed by atoms with Gasteiger partial charge in [-0.15, -0.1) is 0 Å². The van der Waals surface area contributed by atoms with Gasteiger partial charge in [-0.3, -0.25) is 0 Å². The van der Waals surface area contributed by atoms with Crippen molar-refractivity contribution < 1.29 is 0 Å². The maximum Gasteiger partial charge on any atom is 0.0544 e. The molecule has 1 aliphatic carbocycles. The highest BCUT2D eigenvalue weighted by Gasteiger charge is 2.26. The first-order chi connectivity index (χ1) is 16.9. The largest absolute Gasteiger partial charge is 0.313 e. The van der Waals surface area contributed by atoms with Gasteiger partial charge in [-0.25, -0.2) is 0 Å². The molecular weight excluding hydrogens is 410 g/mol. The minimum atomic E-state index is 0.946. The van der Waals surface area contributed by atoms with Crippen LogP contribution in [0.5, 0.6) is 0 Å². The van der Waals surface area contributed by atoms with Gasteiger partial charge in [-0.05, 0) is 70.5 Å². The molecule has 34 heavy (non-hydrogen) atoms. The van der Waals surface area contributed by atoms with Gasteiger partial charge < -0.3 is 4.57 Å². The predicted molar refractivity (Wildman–Crippen MR) is 143 cm³/mol. The van der Waals surface area contributed by atoms with Crippen molar-refractivity contribution in [2.45, 2.75) is 19.3 Å². The van der Waals surface area contributed by atoms with E-state index >= 15 is 0 Å². The average Bonchev–Trinajstić information content (AvgIpc) is 3.25. The number of aromatic nitrogens is 1. The molecule has 7 rings (SSSR count). The first-order valence-electron chi connectivity index (χ1n) is 12.1. The third-order valence-corrected chi connectivity index (χ3v) is 7.29. The summed E-state index contributed by atoms with van der Waals surface area (Å²) in [6, 6.07) is 42.2. The van der Waals surface area contributed by atoms with Gasteiger partial charge in [0, 0.05) is 22.3 Å². The monoisotopic (exact) mass is 435 g/mol. The number of fused-ring (bicyclic) bond motifs is 7. The topological polar surface area (TPSA) is 4.93 Å². The number of hydrogen-bond acceptors (Lipinski definition) is 0. The molecule has 0 atom stereocenters. The predicted octanol–water partition coefficient (Wildman–Crippen LogP) is 8.14. The third kappa shape index (κ3) is 3.01. The Bertz CT molecular complexity index is 1670. The van der Waals surface area contributed by atoms with Crippen molar-refractivity contribution in [3.8, 4) is 16.8 Å². The smallest absolute Gasteiger partial charge is 0.0544 e. The maximum absolute atomic E-state index is 2.53. The zero-order chi connectivity index (χ0) is 22.5. The first-order valence-corrected chi connectivity index (χ1v) is 12.1. The lowest BCUT2D eigenvalue weighted by Gasteiger charge is -2.20. The molecule has 162 valence electrons.